The molecule has 0 radical (unpaired) electrons. The number of pyridine rings is 1. The molecular formula is C27H33N7O2. The lowest BCUT2D eigenvalue weighted by molar-refractivity contribution is 0.0975. The molecule has 188 valence electrons. The maximum absolute atomic E-state index is 13.5. The highest BCUT2D eigenvalue weighted by atomic mass is 16.5. The van der Waals surface area contributed by atoms with Crippen molar-refractivity contribution in [1.29, 1.82) is 0 Å². The lowest BCUT2D eigenvalue weighted by Gasteiger charge is -2.39. The number of methoxy groups -OCH3 is 1. The van der Waals surface area contributed by atoms with Gasteiger partial charge in [-0.2, -0.15) is 0 Å². The molecule has 0 amide bonds. The molecule has 1 fully saturated rings. The Kier molecular flexibility index (Phi) is 6.59. The van der Waals surface area contributed by atoms with Crippen molar-refractivity contribution in [3.8, 4) is 5.75 Å². The molecule has 1 aliphatic rings. The maximum Gasteiger partial charge on any atom is 0.253 e. The largest absolute Gasteiger partial charge is 0.497 e. The fourth-order valence-electron chi connectivity index (χ4n) is 4.89. The van der Waals surface area contributed by atoms with E-state index in [0.29, 0.717) is 17.1 Å². The first-order valence-electron chi connectivity index (χ1n) is 12.3. The van der Waals surface area contributed by atoms with Crippen LogP contribution in [-0.4, -0.2) is 68.3 Å². The zero-order valence-electron chi connectivity index (χ0n) is 21.3. The van der Waals surface area contributed by atoms with Crippen molar-refractivity contribution in [2.75, 3.05) is 33.3 Å². The van der Waals surface area contributed by atoms with E-state index in [0.717, 1.165) is 43.6 Å². The van der Waals surface area contributed by atoms with Gasteiger partial charge < -0.3 is 9.72 Å². The van der Waals surface area contributed by atoms with Gasteiger partial charge in [-0.15, -0.1) is 5.10 Å². The van der Waals surface area contributed by atoms with Gasteiger partial charge in [-0.1, -0.05) is 30.3 Å². The number of rotatable bonds is 6. The van der Waals surface area contributed by atoms with Crippen molar-refractivity contribution in [2.24, 2.45) is 0 Å². The minimum atomic E-state index is -0.367. The molecule has 0 spiro atoms. The first-order chi connectivity index (χ1) is 17.3. The molecule has 36 heavy (non-hydrogen) atoms. The summed E-state index contributed by atoms with van der Waals surface area (Å²) in [6.07, 6.45) is 0. The van der Waals surface area contributed by atoms with E-state index in [1.165, 1.54) is 5.56 Å². The number of fused-ring (bicyclic) bond motifs is 1. The highest BCUT2D eigenvalue weighted by Gasteiger charge is 2.34. The van der Waals surface area contributed by atoms with Gasteiger partial charge >= 0.3 is 0 Å². The van der Waals surface area contributed by atoms with E-state index < -0.39 is 0 Å². The number of aromatic amines is 1. The molecule has 0 aliphatic carbocycles. The van der Waals surface area contributed by atoms with Gasteiger partial charge in [-0.05, 0) is 60.3 Å². The molecule has 2 aromatic carbocycles. The van der Waals surface area contributed by atoms with E-state index in [4.69, 9.17) is 4.74 Å². The summed E-state index contributed by atoms with van der Waals surface area (Å²) in [4.78, 5) is 21.3. The van der Waals surface area contributed by atoms with Crippen molar-refractivity contribution in [3.05, 3.63) is 81.9 Å². The van der Waals surface area contributed by atoms with Gasteiger partial charge in [0.15, 0.2) is 5.82 Å². The smallest absolute Gasteiger partial charge is 0.253 e. The molecule has 1 N–H and O–H groups in total. The number of hydrogen-bond donors (Lipinski definition) is 1. The van der Waals surface area contributed by atoms with Crippen molar-refractivity contribution >= 4 is 10.9 Å². The van der Waals surface area contributed by atoms with E-state index in [-0.39, 0.29) is 17.1 Å². The molecule has 1 aliphatic heterocycles. The van der Waals surface area contributed by atoms with Crippen molar-refractivity contribution in [3.63, 3.8) is 0 Å². The fourth-order valence-corrected chi connectivity index (χ4v) is 4.89. The fraction of sp³-hybridized carbons (Fsp3) is 0.407. The Balaban J connectivity index is 1.51. The van der Waals surface area contributed by atoms with Crippen LogP contribution in [0.5, 0.6) is 5.75 Å². The number of H-pyrrole nitrogens is 1. The van der Waals surface area contributed by atoms with Crippen LogP contribution in [0.1, 0.15) is 43.8 Å². The van der Waals surface area contributed by atoms with Crippen LogP contribution in [0.4, 0.5) is 0 Å². The highest BCUT2D eigenvalue weighted by molar-refractivity contribution is 5.80. The summed E-state index contributed by atoms with van der Waals surface area (Å²) in [5, 5.41) is 13.7. The molecule has 1 saturated heterocycles. The van der Waals surface area contributed by atoms with E-state index in [9.17, 15) is 4.79 Å². The Morgan fingerprint density at radius 2 is 1.78 bits per heavy atom. The van der Waals surface area contributed by atoms with Crippen LogP contribution in [0.3, 0.4) is 0 Å². The summed E-state index contributed by atoms with van der Waals surface area (Å²) in [5.74, 6) is 1.38. The average Bonchev–Trinajstić information content (AvgIpc) is 3.36. The molecule has 4 aromatic rings. The Labute approximate surface area is 210 Å². The van der Waals surface area contributed by atoms with Crippen LogP contribution >= 0.6 is 0 Å². The second-order valence-electron chi connectivity index (χ2n) is 10.3. The quantitative estimate of drug-likeness (QED) is 0.447. The standard InChI is InChI=1S/C27H33N7O2/c1-27(2,3)34-25(29-30-31-34)24(22-16-20-10-11-21(36-4)17-23(20)28-26(22)35)33-14-12-32(13-15-33)18-19-8-6-5-7-9-19/h5-11,16-17,24H,12-15,18H2,1-4H3,(H,28,35)/t24-/m0/s1. The lowest BCUT2D eigenvalue weighted by atomic mass is 10.0. The van der Waals surface area contributed by atoms with E-state index in [2.05, 4.69) is 75.3 Å². The minimum absolute atomic E-state index is 0.143. The second-order valence-corrected chi connectivity index (χ2v) is 10.3. The number of tetrazole rings is 1. The first kappa shape index (κ1) is 24.1. The van der Waals surface area contributed by atoms with Crippen molar-refractivity contribution in [1.82, 2.24) is 35.0 Å². The van der Waals surface area contributed by atoms with Gasteiger partial charge in [0.05, 0.1) is 18.2 Å². The average molecular weight is 488 g/mol. The number of benzene rings is 2. The Morgan fingerprint density at radius 1 is 1.03 bits per heavy atom. The summed E-state index contributed by atoms with van der Waals surface area (Å²) in [6, 6.07) is 17.8. The highest BCUT2D eigenvalue weighted by Crippen LogP contribution is 2.30. The minimum Gasteiger partial charge on any atom is -0.497 e. The van der Waals surface area contributed by atoms with Gasteiger partial charge in [0, 0.05) is 44.4 Å². The van der Waals surface area contributed by atoms with Gasteiger partial charge in [0.2, 0.25) is 0 Å². The predicted molar refractivity (Wildman–Crippen MR) is 139 cm³/mol. The maximum atomic E-state index is 13.5. The van der Waals surface area contributed by atoms with Gasteiger partial charge in [-0.3, -0.25) is 14.6 Å². The number of hydrogen-bond acceptors (Lipinski definition) is 7. The molecule has 9 nitrogen and oxygen atoms in total. The third-order valence-electron chi connectivity index (χ3n) is 6.77. The zero-order valence-corrected chi connectivity index (χ0v) is 21.3. The van der Waals surface area contributed by atoms with Gasteiger partial charge in [0.1, 0.15) is 11.8 Å². The van der Waals surface area contributed by atoms with Crippen LogP contribution in [-0.2, 0) is 12.1 Å². The van der Waals surface area contributed by atoms with Crippen molar-refractivity contribution < 1.29 is 4.74 Å². The molecule has 5 rings (SSSR count). The molecule has 0 unspecified atom stereocenters. The van der Waals surface area contributed by atoms with Crippen LogP contribution < -0.4 is 10.3 Å². The second kappa shape index (κ2) is 9.83. The summed E-state index contributed by atoms with van der Waals surface area (Å²) >= 11 is 0. The first-order valence-corrected chi connectivity index (χ1v) is 12.3. The summed E-state index contributed by atoms with van der Waals surface area (Å²) in [5.41, 5.74) is 2.22. The van der Waals surface area contributed by atoms with Crippen LogP contribution in [0.25, 0.3) is 10.9 Å². The summed E-state index contributed by atoms with van der Waals surface area (Å²) in [7, 11) is 1.62. The predicted octanol–water partition coefficient (Wildman–Crippen LogP) is 3.19. The molecule has 9 heteroatoms. The molecule has 2 aromatic heterocycles. The SMILES string of the molecule is COc1ccc2cc([C@@H](c3nnnn3C(C)(C)C)N3CCN(Cc4ccccc4)CC3)c(=O)[nH]c2c1. The van der Waals surface area contributed by atoms with Crippen LogP contribution in [0.15, 0.2) is 59.4 Å². The number of nitrogens with zero attached hydrogens (tertiary/aromatic N) is 6. The lowest BCUT2D eigenvalue weighted by Crippen LogP contribution is -2.49. The van der Waals surface area contributed by atoms with Crippen LogP contribution in [0, 0.1) is 0 Å². The summed E-state index contributed by atoms with van der Waals surface area (Å²) < 4.78 is 7.17. The Bertz CT molecular complexity index is 1380. The molecular weight excluding hydrogens is 454 g/mol. The number of aromatic nitrogens is 5. The molecule has 3 heterocycles. The molecule has 0 saturated carbocycles. The zero-order chi connectivity index (χ0) is 25.3. The topological polar surface area (TPSA) is 92.2 Å². The number of piperazine rings is 1. The van der Waals surface area contributed by atoms with Gasteiger partial charge in [-0.25, -0.2) is 4.68 Å². The van der Waals surface area contributed by atoms with E-state index >= 15 is 0 Å². The Hall–Kier alpha value is -3.56. The monoisotopic (exact) mass is 487 g/mol. The molecule has 0 bridgehead atoms. The van der Waals surface area contributed by atoms with Crippen LogP contribution in [0.2, 0.25) is 0 Å². The van der Waals surface area contributed by atoms with E-state index in [1.54, 1.807) is 7.11 Å². The van der Waals surface area contributed by atoms with Crippen molar-refractivity contribution in [2.45, 2.75) is 38.9 Å². The van der Waals surface area contributed by atoms with Gasteiger partial charge in [0.25, 0.3) is 5.56 Å². The van der Waals surface area contributed by atoms with E-state index in [1.807, 2.05) is 35.0 Å². The summed E-state index contributed by atoms with van der Waals surface area (Å²) in [6.45, 7) is 10.5. The third-order valence-corrected chi connectivity index (χ3v) is 6.77. The normalized spacial score (nSPS) is 16.3. The third kappa shape index (κ3) is 4.89. The molecule has 1 atom stereocenters. The number of nitrogens with one attached hydrogen (secondary N) is 1. The number of ether oxygens (including phenoxy) is 1. The Morgan fingerprint density at radius 3 is 2.47 bits per heavy atom.